The van der Waals surface area contributed by atoms with Crippen LogP contribution in [0.4, 0.5) is 0 Å². The van der Waals surface area contributed by atoms with E-state index in [2.05, 4.69) is 0 Å². The second kappa shape index (κ2) is 4.63. The average Bonchev–Trinajstić information content (AvgIpc) is 2.79. The molecule has 110 valence electrons. The fraction of sp³-hybridized carbons (Fsp3) is 0.312. The van der Waals surface area contributed by atoms with Crippen LogP contribution in [-0.2, 0) is 0 Å². The van der Waals surface area contributed by atoms with E-state index in [1.807, 2.05) is 0 Å². The van der Waals surface area contributed by atoms with Crippen LogP contribution in [0.25, 0.3) is 10.8 Å². The maximum absolute atomic E-state index is 12.5. The monoisotopic (exact) mass is 287 g/mol. The second-order valence-corrected chi connectivity index (χ2v) is 5.84. The number of aromatic hydroxyl groups is 2. The zero-order valence-electron chi connectivity index (χ0n) is 11.7. The van der Waals surface area contributed by atoms with E-state index in [1.165, 1.54) is 17.0 Å². The summed E-state index contributed by atoms with van der Waals surface area (Å²) in [5.41, 5.74) is -0.689. The number of phenolic OH excluding ortho intramolecular Hbond substituents is 2. The third-order valence-electron chi connectivity index (χ3n) is 3.95. The quantitative estimate of drug-likeness (QED) is 0.747. The molecule has 1 amide bonds. The molecule has 3 N–H and O–H groups in total. The first-order valence-electron chi connectivity index (χ1n) is 6.84. The maximum atomic E-state index is 12.5. The van der Waals surface area contributed by atoms with E-state index in [9.17, 15) is 20.1 Å². The summed E-state index contributed by atoms with van der Waals surface area (Å²) in [6.07, 6.45) is 0.522. The standard InChI is InChI=1S/C16H17NO4/c1-16(21)6-7-17(9-16)15(20)12-5-3-10-2-4-11(18)8-13(10)14(12)19/h2-5,8,18-19,21H,6-7,9H2,1H3. The van der Waals surface area contributed by atoms with E-state index >= 15 is 0 Å². The summed E-state index contributed by atoms with van der Waals surface area (Å²) < 4.78 is 0. The molecule has 1 fully saturated rings. The number of fused-ring (bicyclic) bond motifs is 1. The van der Waals surface area contributed by atoms with Crippen molar-refractivity contribution in [1.82, 2.24) is 4.90 Å². The summed E-state index contributed by atoms with van der Waals surface area (Å²) in [5, 5.41) is 31.0. The summed E-state index contributed by atoms with van der Waals surface area (Å²) in [4.78, 5) is 14.0. The normalized spacial score (nSPS) is 21.9. The molecule has 1 aliphatic heterocycles. The predicted octanol–water partition coefficient (Wildman–Crippen LogP) is 1.85. The maximum Gasteiger partial charge on any atom is 0.257 e. The van der Waals surface area contributed by atoms with Gasteiger partial charge in [-0.2, -0.15) is 0 Å². The average molecular weight is 287 g/mol. The fourth-order valence-electron chi connectivity index (χ4n) is 2.75. The Kier molecular flexibility index (Phi) is 3.02. The molecular formula is C16H17NO4. The Hall–Kier alpha value is -2.27. The highest BCUT2D eigenvalue weighted by molar-refractivity contribution is 6.04. The van der Waals surface area contributed by atoms with Gasteiger partial charge in [-0.25, -0.2) is 0 Å². The summed E-state index contributed by atoms with van der Waals surface area (Å²) in [6.45, 7) is 2.41. The van der Waals surface area contributed by atoms with Crippen LogP contribution in [-0.4, -0.2) is 44.8 Å². The molecule has 3 rings (SSSR count). The van der Waals surface area contributed by atoms with E-state index in [0.29, 0.717) is 18.4 Å². The molecular weight excluding hydrogens is 270 g/mol. The van der Waals surface area contributed by atoms with E-state index in [1.54, 1.807) is 25.1 Å². The van der Waals surface area contributed by atoms with Crippen molar-refractivity contribution in [3.8, 4) is 11.5 Å². The van der Waals surface area contributed by atoms with Gasteiger partial charge in [0.25, 0.3) is 5.91 Å². The molecule has 0 spiro atoms. The smallest absolute Gasteiger partial charge is 0.257 e. The lowest BCUT2D eigenvalue weighted by atomic mass is 10.0. The van der Waals surface area contributed by atoms with Crippen molar-refractivity contribution < 1.29 is 20.1 Å². The van der Waals surface area contributed by atoms with Gasteiger partial charge in [-0.3, -0.25) is 4.79 Å². The number of amides is 1. The number of hydrogen-bond acceptors (Lipinski definition) is 4. The Morgan fingerprint density at radius 3 is 2.62 bits per heavy atom. The molecule has 1 atom stereocenters. The van der Waals surface area contributed by atoms with E-state index in [4.69, 9.17) is 0 Å². The van der Waals surface area contributed by atoms with Gasteiger partial charge >= 0.3 is 0 Å². The molecule has 5 nitrogen and oxygen atoms in total. The molecule has 1 aliphatic rings. The van der Waals surface area contributed by atoms with Crippen LogP contribution in [0, 0.1) is 0 Å². The molecule has 0 aliphatic carbocycles. The topological polar surface area (TPSA) is 81.0 Å². The fourth-order valence-corrected chi connectivity index (χ4v) is 2.75. The lowest BCUT2D eigenvalue weighted by Crippen LogP contribution is -2.33. The number of aliphatic hydroxyl groups is 1. The number of carbonyl (C=O) groups excluding carboxylic acids is 1. The minimum Gasteiger partial charge on any atom is -0.508 e. The van der Waals surface area contributed by atoms with E-state index < -0.39 is 5.60 Å². The molecule has 21 heavy (non-hydrogen) atoms. The van der Waals surface area contributed by atoms with Crippen molar-refractivity contribution in [2.45, 2.75) is 18.9 Å². The Labute approximate surface area is 122 Å². The first-order valence-corrected chi connectivity index (χ1v) is 6.84. The largest absolute Gasteiger partial charge is 0.508 e. The highest BCUT2D eigenvalue weighted by Gasteiger charge is 2.35. The summed E-state index contributed by atoms with van der Waals surface area (Å²) in [6, 6.07) is 7.95. The molecule has 2 aromatic carbocycles. The van der Waals surface area contributed by atoms with Crippen LogP contribution in [0.5, 0.6) is 11.5 Å². The molecule has 1 saturated heterocycles. The first-order chi connectivity index (χ1) is 9.87. The molecule has 0 bridgehead atoms. The number of phenols is 2. The number of likely N-dealkylation sites (tertiary alicyclic amines) is 1. The van der Waals surface area contributed by atoms with Crippen molar-refractivity contribution in [2.24, 2.45) is 0 Å². The van der Waals surface area contributed by atoms with Gasteiger partial charge in [0.2, 0.25) is 0 Å². The molecule has 1 heterocycles. The third-order valence-corrected chi connectivity index (χ3v) is 3.95. The highest BCUT2D eigenvalue weighted by Crippen LogP contribution is 2.33. The number of hydrogen-bond donors (Lipinski definition) is 3. The van der Waals surface area contributed by atoms with Gasteiger partial charge in [0.15, 0.2) is 0 Å². The van der Waals surface area contributed by atoms with E-state index in [0.717, 1.165) is 5.39 Å². The number of carbonyl (C=O) groups is 1. The first kappa shape index (κ1) is 13.7. The van der Waals surface area contributed by atoms with Crippen molar-refractivity contribution in [3.63, 3.8) is 0 Å². The lowest BCUT2D eigenvalue weighted by Gasteiger charge is -2.20. The number of rotatable bonds is 1. The number of β-amino-alcohol motifs (C(OH)–C–C–N with tert-alkyl or cyclic N) is 1. The third kappa shape index (κ3) is 2.40. The highest BCUT2D eigenvalue weighted by atomic mass is 16.3. The molecule has 1 unspecified atom stereocenters. The van der Waals surface area contributed by atoms with Gasteiger partial charge in [-0.15, -0.1) is 0 Å². The zero-order valence-corrected chi connectivity index (χ0v) is 11.7. The van der Waals surface area contributed by atoms with Crippen LogP contribution >= 0.6 is 0 Å². The summed E-state index contributed by atoms with van der Waals surface area (Å²) in [5.74, 6) is -0.415. The minimum atomic E-state index is -0.875. The van der Waals surface area contributed by atoms with Gasteiger partial charge in [-0.1, -0.05) is 12.1 Å². The molecule has 2 aromatic rings. The zero-order chi connectivity index (χ0) is 15.2. The summed E-state index contributed by atoms with van der Waals surface area (Å²) >= 11 is 0. The minimum absolute atomic E-state index is 0.0338. The molecule has 0 saturated carbocycles. The van der Waals surface area contributed by atoms with E-state index in [-0.39, 0.29) is 29.5 Å². The second-order valence-electron chi connectivity index (χ2n) is 5.84. The van der Waals surface area contributed by atoms with Crippen molar-refractivity contribution in [2.75, 3.05) is 13.1 Å². The Morgan fingerprint density at radius 1 is 1.24 bits per heavy atom. The SMILES string of the molecule is CC1(O)CCN(C(=O)c2ccc3ccc(O)cc3c2O)C1. The lowest BCUT2D eigenvalue weighted by molar-refractivity contribution is 0.0570. The Bertz CT molecular complexity index is 724. The Balaban J connectivity index is 2.01. The van der Waals surface area contributed by atoms with Gasteiger partial charge in [-0.05, 0) is 36.9 Å². The van der Waals surface area contributed by atoms with Gasteiger partial charge in [0, 0.05) is 18.5 Å². The van der Waals surface area contributed by atoms with Crippen molar-refractivity contribution in [1.29, 1.82) is 0 Å². The summed E-state index contributed by atoms with van der Waals surface area (Å²) in [7, 11) is 0. The number of benzene rings is 2. The van der Waals surface area contributed by atoms with Gasteiger partial charge < -0.3 is 20.2 Å². The van der Waals surface area contributed by atoms with Crippen LogP contribution < -0.4 is 0 Å². The molecule has 5 heteroatoms. The van der Waals surface area contributed by atoms with Gasteiger partial charge in [0.05, 0.1) is 11.2 Å². The van der Waals surface area contributed by atoms with Crippen molar-refractivity contribution >= 4 is 16.7 Å². The van der Waals surface area contributed by atoms with Crippen molar-refractivity contribution in [3.05, 3.63) is 35.9 Å². The van der Waals surface area contributed by atoms with Crippen LogP contribution in [0.15, 0.2) is 30.3 Å². The van der Waals surface area contributed by atoms with Crippen LogP contribution in [0.3, 0.4) is 0 Å². The van der Waals surface area contributed by atoms with Crippen LogP contribution in [0.2, 0.25) is 0 Å². The van der Waals surface area contributed by atoms with Gasteiger partial charge in [0.1, 0.15) is 11.5 Å². The Morgan fingerprint density at radius 2 is 1.95 bits per heavy atom. The molecule has 0 aromatic heterocycles. The number of nitrogens with zero attached hydrogens (tertiary/aromatic N) is 1. The van der Waals surface area contributed by atoms with Crippen LogP contribution in [0.1, 0.15) is 23.7 Å². The molecule has 0 radical (unpaired) electrons. The predicted molar refractivity (Wildman–Crippen MR) is 78.4 cm³/mol.